The summed E-state index contributed by atoms with van der Waals surface area (Å²) in [7, 11) is 1.33. The topological polar surface area (TPSA) is 64.6 Å². The van der Waals surface area contributed by atoms with Crippen molar-refractivity contribution in [1.29, 1.82) is 0 Å². The van der Waals surface area contributed by atoms with Crippen molar-refractivity contribution in [2.75, 3.05) is 12.4 Å². The summed E-state index contributed by atoms with van der Waals surface area (Å²) in [5, 5.41) is 2.71. The molecule has 0 bridgehead atoms. The lowest BCUT2D eigenvalue weighted by atomic mass is 10.1. The van der Waals surface area contributed by atoms with Gasteiger partial charge in [0.15, 0.2) is 17.7 Å². The van der Waals surface area contributed by atoms with E-state index in [0.717, 1.165) is 17.2 Å². The first-order valence-corrected chi connectivity index (χ1v) is 7.74. The molecule has 0 aliphatic rings. The third-order valence-electron chi connectivity index (χ3n) is 3.68. The van der Waals surface area contributed by atoms with Gasteiger partial charge in [0.1, 0.15) is 0 Å². The third-order valence-corrected chi connectivity index (χ3v) is 3.68. The van der Waals surface area contributed by atoms with E-state index in [2.05, 4.69) is 5.32 Å². The maximum Gasteiger partial charge on any atom is 0.339 e. The molecule has 0 saturated carbocycles. The second-order valence-electron chi connectivity index (χ2n) is 5.70. The molecule has 0 unspecified atom stereocenters. The fourth-order valence-electron chi connectivity index (χ4n) is 2.26. The van der Waals surface area contributed by atoms with Crippen LogP contribution in [0.15, 0.2) is 36.4 Å². The van der Waals surface area contributed by atoms with Crippen molar-refractivity contribution in [2.24, 2.45) is 0 Å². The van der Waals surface area contributed by atoms with Gasteiger partial charge < -0.3 is 14.8 Å². The third kappa shape index (κ3) is 4.56. The van der Waals surface area contributed by atoms with Crippen LogP contribution >= 0.6 is 0 Å². The number of hydrogen-bond donors (Lipinski definition) is 1. The highest BCUT2D eigenvalue weighted by Gasteiger charge is 2.20. The number of halogens is 1. The van der Waals surface area contributed by atoms with Crippen molar-refractivity contribution in [3.8, 4) is 5.75 Å². The number of methoxy groups -OCH3 is 1. The number of nitrogens with one attached hydrogen (secondary N) is 1. The van der Waals surface area contributed by atoms with Gasteiger partial charge in [-0.25, -0.2) is 9.18 Å². The number of amides is 1. The Morgan fingerprint density at radius 2 is 1.84 bits per heavy atom. The number of rotatable bonds is 5. The molecule has 1 amide bonds. The normalized spacial score (nSPS) is 11.6. The van der Waals surface area contributed by atoms with Crippen LogP contribution in [0.5, 0.6) is 5.75 Å². The zero-order chi connectivity index (χ0) is 18.6. The molecule has 0 spiro atoms. The van der Waals surface area contributed by atoms with Gasteiger partial charge in [-0.15, -0.1) is 0 Å². The van der Waals surface area contributed by atoms with Crippen LogP contribution in [0.4, 0.5) is 10.1 Å². The summed E-state index contributed by atoms with van der Waals surface area (Å²) in [5.74, 6) is -1.90. The van der Waals surface area contributed by atoms with Crippen LogP contribution in [0.3, 0.4) is 0 Å². The number of anilines is 1. The molecule has 25 heavy (non-hydrogen) atoms. The van der Waals surface area contributed by atoms with Crippen LogP contribution in [0, 0.1) is 19.7 Å². The van der Waals surface area contributed by atoms with Crippen molar-refractivity contribution >= 4 is 17.6 Å². The Kier molecular flexibility index (Phi) is 5.75. The SMILES string of the molecule is COc1ccc(C(=O)O[C@H](C)C(=O)Nc2ccc(C)cc2C)cc1F. The minimum Gasteiger partial charge on any atom is -0.494 e. The predicted molar refractivity (Wildman–Crippen MR) is 92.4 cm³/mol. The largest absolute Gasteiger partial charge is 0.494 e. The van der Waals surface area contributed by atoms with Crippen LogP contribution in [-0.2, 0) is 9.53 Å². The molecular formula is C19H20FNO4. The highest BCUT2D eigenvalue weighted by molar-refractivity contribution is 5.97. The standard InChI is InChI=1S/C19H20FNO4/c1-11-5-7-16(12(2)9-11)21-18(22)13(3)25-19(23)14-6-8-17(24-4)15(20)10-14/h5-10,13H,1-4H3,(H,21,22)/t13-/m1/s1. The number of hydrogen-bond acceptors (Lipinski definition) is 4. The summed E-state index contributed by atoms with van der Waals surface area (Å²) in [6, 6.07) is 9.31. The minimum atomic E-state index is -1.03. The van der Waals surface area contributed by atoms with Gasteiger partial charge in [-0.2, -0.15) is 0 Å². The van der Waals surface area contributed by atoms with Crippen LogP contribution in [-0.4, -0.2) is 25.1 Å². The Morgan fingerprint density at radius 1 is 1.12 bits per heavy atom. The van der Waals surface area contributed by atoms with E-state index in [4.69, 9.17) is 9.47 Å². The predicted octanol–water partition coefficient (Wildman–Crippen LogP) is 3.64. The Hall–Kier alpha value is -2.89. The average Bonchev–Trinajstić information content (AvgIpc) is 2.57. The van der Waals surface area contributed by atoms with Crippen molar-refractivity contribution in [1.82, 2.24) is 0 Å². The van der Waals surface area contributed by atoms with E-state index in [9.17, 15) is 14.0 Å². The van der Waals surface area contributed by atoms with E-state index in [1.54, 1.807) is 6.07 Å². The summed E-state index contributed by atoms with van der Waals surface area (Å²) in [4.78, 5) is 24.3. The quantitative estimate of drug-likeness (QED) is 0.841. The molecule has 0 aliphatic carbocycles. The first-order chi connectivity index (χ1) is 11.8. The monoisotopic (exact) mass is 345 g/mol. The van der Waals surface area contributed by atoms with Gasteiger partial charge in [0, 0.05) is 5.69 Å². The lowest BCUT2D eigenvalue weighted by molar-refractivity contribution is -0.123. The van der Waals surface area contributed by atoms with Crippen molar-refractivity contribution in [3.05, 3.63) is 58.9 Å². The zero-order valence-corrected chi connectivity index (χ0v) is 14.6. The van der Waals surface area contributed by atoms with E-state index in [0.29, 0.717) is 5.69 Å². The number of ether oxygens (including phenoxy) is 2. The summed E-state index contributed by atoms with van der Waals surface area (Å²) >= 11 is 0. The molecule has 0 radical (unpaired) electrons. The Labute approximate surface area is 145 Å². The highest BCUT2D eigenvalue weighted by atomic mass is 19.1. The van der Waals surface area contributed by atoms with Gasteiger partial charge >= 0.3 is 5.97 Å². The summed E-state index contributed by atoms with van der Waals surface area (Å²) in [6.45, 7) is 5.28. The number of carbonyl (C=O) groups excluding carboxylic acids is 2. The maximum atomic E-state index is 13.7. The van der Waals surface area contributed by atoms with Gasteiger partial charge in [-0.05, 0) is 50.6 Å². The molecule has 0 fully saturated rings. The van der Waals surface area contributed by atoms with Crippen molar-refractivity contribution in [3.63, 3.8) is 0 Å². The molecule has 0 aromatic heterocycles. The molecule has 2 aromatic rings. The fourth-order valence-corrected chi connectivity index (χ4v) is 2.26. The van der Waals surface area contributed by atoms with Crippen LogP contribution in [0.2, 0.25) is 0 Å². The fraction of sp³-hybridized carbons (Fsp3) is 0.263. The Morgan fingerprint density at radius 3 is 2.44 bits per heavy atom. The molecule has 2 rings (SSSR count). The van der Waals surface area contributed by atoms with E-state index in [1.807, 2.05) is 26.0 Å². The average molecular weight is 345 g/mol. The van der Waals surface area contributed by atoms with Crippen LogP contribution in [0.1, 0.15) is 28.4 Å². The number of carbonyl (C=O) groups is 2. The van der Waals surface area contributed by atoms with Crippen LogP contribution in [0.25, 0.3) is 0 Å². The second-order valence-corrected chi connectivity index (χ2v) is 5.70. The number of esters is 1. The first-order valence-electron chi connectivity index (χ1n) is 7.74. The first kappa shape index (κ1) is 18.4. The smallest absolute Gasteiger partial charge is 0.339 e. The van der Waals surface area contributed by atoms with E-state index < -0.39 is 23.8 Å². The minimum absolute atomic E-state index is 0.00414. The van der Waals surface area contributed by atoms with E-state index >= 15 is 0 Å². The highest BCUT2D eigenvalue weighted by Crippen LogP contribution is 2.19. The van der Waals surface area contributed by atoms with Gasteiger partial charge in [-0.1, -0.05) is 17.7 Å². The maximum absolute atomic E-state index is 13.7. The molecule has 6 heteroatoms. The second kappa shape index (κ2) is 7.79. The van der Waals surface area contributed by atoms with Gasteiger partial charge in [0.25, 0.3) is 5.91 Å². The van der Waals surface area contributed by atoms with E-state index in [-0.39, 0.29) is 11.3 Å². The molecule has 0 saturated heterocycles. The van der Waals surface area contributed by atoms with Crippen LogP contribution < -0.4 is 10.1 Å². The summed E-state index contributed by atoms with van der Waals surface area (Å²) in [6.07, 6.45) is -1.03. The van der Waals surface area contributed by atoms with Gasteiger partial charge in [-0.3, -0.25) is 4.79 Å². The Balaban J connectivity index is 2.02. The lowest BCUT2D eigenvalue weighted by Crippen LogP contribution is -2.30. The number of benzene rings is 2. The van der Waals surface area contributed by atoms with Crippen molar-refractivity contribution in [2.45, 2.75) is 26.9 Å². The molecule has 5 nitrogen and oxygen atoms in total. The Bertz CT molecular complexity index is 804. The number of aryl methyl sites for hydroxylation is 2. The van der Waals surface area contributed by atoms with E-state index in [1.165, 1.54) is 26.2 Å². The molecule has 132 valence electrons. The van der Waals surface area contributed by atoms with Crippen molar-refractivity contribution < 1.29 is 23.5 Å². The zero-order valence-electron chi connectivity index (χ0n) is 14.6. The molecule has 0 aliphatic heterocycles. The molecule has 0 heterocycles. The summed E-state index contributed by atoms with van der Waals surface area (Å²) < 4.78 is 23.6. The molecule has 2 aromatic carbocycles. The van der Waals surface area contributed by atoms with Gasteiger partial charge in [0.05, 0.1) is 12.7 Å². The van der Waals surface area contributed by atoms with Gasteiger partial charge in [0.2, 0.25) is 0 Å². The summed E-state index contributed by atoms with van der Waals surface area (Å²) in [5.41, 5.74) is 2.64. The lowest BCUT2D eigenvalue weighted by Gasteiger charge is -2.15. The molecule has 1 atom stereocenters. The molecule has 1 N–H and O–H groups in total. The molecular weight excluding hydrogens is 325 g/mol.